The van der Waals surface area contributed by atoms with Crippen LogP contribution in [0.2, 0.25) is 18.1 Å². The number of nitrogens with one attached hydrogen (secondary N) is 2. The van der Waals surface area contributed by atoms with Gasteiger partial charge in [-0.05, 0) is 37.1 Å². The third-order valence-electron chi connectivity index (χ3n) is 8.38. The van der Waals surface area contributed by atoms with Crippen molar-refractivity contribution in [3.63, 3.8) is 0 Å². The zero-order valence-corrected chi connectivity index (χ0v) is 26.2. The zero-order chi connectivity index (χ0) is 30.8. The van der Waals surface area contributed by atoms with E-state index in [4.69, 9.17) is 9.47 Å². The fourth-order valence-corrected chi connectivity index (χ4v) is 7.68. The Morgan fingerprint density at radius 1 is 0.976 bits per heavy atom. The van der Waals surface area contributed by atoms with Crippen molar-refractivity contribution in [3.8, 4) is 0 Å². The van der Waals surface area contributed by atoms with Crippen LogP contribution in [0.5, 0.6) is 0 Å². The molecule has 42 heavy (non-hydrogen) atoms. The van der Waals surface area contributed by atoms with Gasteiger partial charge in [0.25, 0.3) is 14.6 Å². The number of β-lactam (4-membered cyclic amide) rings is 1. The van der Waals surface area contributed by atoms with E-state index in [0.29, 0.717) is 25.9 Å². The maximum Gasteiger partial charge on any atom is 0.437 e. The van der Waals surface area contributed by atoms with E-state index in [1.54, 1.807) is 0 Å². The second-order valence-electron chi connectivity index (χ2n) is 12.1. The van der Waals surface area contributed by atoms with Crippen molar-refractivity contribution in [1.82, 2.24) is 10.6 Å². The van der Waals surface area contributed by atoms with Gasteiger partial charge in [-0.15, -0.1) is 4.99 Å². The number of carbonyl (C=O) groups excluding carboxylic acids is 4. The van der Waals surface area contributed by atoms with Gasteiger partial charge in [-0.25, -0.2) is 19.2 Å². The lowest BCUT2D eigenvalue weighted by atomic mass is 9.93. The van der Waals surface area contributed by atoms with Gasteiger partial charge < -0.3 is 14.8 Å². The van der Waals surface area contributed by atoms with E-state index in [9.17, 15) is 19.2 Å². The molecule has 226 valence electrons. The molecule has 10 nitrogen and oxygen atoms in total. The van der Waals surface area contributed by atoms with Crippen LogP contribution in [-0.4, -0.2) is 55.9 Å². The van der Waals surface area contributed by atoms with Gasteiger partial charge in [-0.1, -0.05) is 87.9 Å². The summed E-state index contributed by atoms with van der Waals surface area (Å²) in [6.07, 6.45) is 1.28. The Morgan fingerprint density at radius 3 is 2.07 bits per heavy atom. The molecule has 1 heterocycles. The molecule has 1 aliphatic heterocycles. The average molecular weight is 596 g/mol. The van der Waals surface area contributed by atoms with Gasteiger partial charge in [0.1, 0.15) is 19.1 Å². The smallest absolute Gasteiger partial charge is 0.437 e. The lowest BCUT2D eigenvalue weighted by molar-refractivity contribution is -0.711. The van der Waals surface area contributed by atoms with E-state index in [2.05, 4.69) is 49.5 Å². The van der Waals surface area contributed by atoms with E-state index in [1.165, 1.54) is 0 Å². The summed E-state index contributed by atoms with van der Waals surface area (Å²) in [5.41, 5.74) is 1.62. The van der Waals surface area contributed by atoms with Gasteiger partial charge in [0, 0.05) is 11.6 Å². The third kappa shape index (κ3) is 8.13. The number of hydrogen-bond acceptors (Lipinski definition) is 6. The summed E-state index contributed by atoms with van der Waals surface area (Å²) in [6, 6.07) is 18.4. The molecule has 2 N–H and O–H groups in total. The molecule has 4 amide bonds. The Hall–Kier alpha value is -3.83. The molecule has 0 spiro atoms. The van der Waals surface area contributed by atoms with Crippen LogP contribution < -0.4 is 10.6 Å². The molecule has 2 atom stereocenters. The van der Waals surface area contributed by atoms with Crippen molar-refractivity contribution in [2.75, 3.05) is 13.1 Å². The number of unbranched alkanes of at least 4 members (excludes halogenated alkanes) is 1. The van der Waals surface area contributed by atoms with E-state index in [-0.39, 0.29) is 40.2 Å². The molecule has 0 aliphatic carbocycles. The van der Waals surface area contributed by atoms with E-state index in [0.717, 1.165) is 24.0 Å². The van der Waals surface area contributed by atoms with Crippen molar-refractivity contribution in [2.24, 2.45) is 10.9 Å². The van der Waals surface area contributed by atoms with Gasteiger partial charge in [0.2, 0.25) is 5.96 Å². The monoisotopic (exact) mass is 595 g/mol. The second-order valence-corrected chi connectivity index (χ2v) is 17.5. The van der Waals surface area contributed by atoms with Crippen LogP contribution in [0.1, 0.15) is 51.2 Å². The number of carbonyl (C=O) groups is 4. The molecule has 3 rings (SSSR count). The van der Waals surface area contributed by atoms with Gasteiger partial charge in [0.05, 0.1) is 6.54 Å². The quantitative estimate of drug-likeness (QED) is 0.0878. The molecule has 0 radical (unpaired) electrons. The number of aliphatic imine (C=N–C) groups is 1. The van der Waals surface area contributed by atoms with Crippen LogP contribution in [0.25, 0.3) is 0 Å². The molecule has 1 fully saturated rings. The van der Waals surface area contributed by atoms with Crippen LogP contribution in [0, 0.1) is 5.92 Å². The lowest BCUT2D eigenvalue weighted by Gasteiger charge is -2.55. The standard InChI is InChI=1S/C31H42N4O6Si/c1-31(2,3)42(4,5)35(23-36)20-26(27(35)37)18-12-13-19-32-28(33-29(38)40-21-24-14-8-6-9-15-24)34-30(39)41-22-25-16-10-7-11-17-25/h6-11,14-17,23,26H,12-13,18-22H2,1-5H3,(H-,32,33,34,38,39)/p+1/t26-,35+/m1/s1. The summed E-state index contributed by atoms with van der Waals surface area (Å²) >= 11 is 0. The van der Waals surface area contributed by atoms with Crippen LogP contribution in [0.15, 0.2) is 65.7 Å². The number of amides is 4. The number of ether oxygens (including phenoxy) is 2. The number of alkyl carbamates (subject to hydrolysis) is 1. The molecular formula is C31H43N4O6Si+. The molecule has 0 unspecified atom stereocenters. The zero-order valence-electron chi connectivity index (χ0n) is 25.2. The molecule has 2 aromatic carbocycles. The summed E-state index contributed by atoms with van der Waals surface area (Å²) < 4.78 is 10.5. The highest BCUT2D eigenvalue weighted by atomic mass is 28.3. The Balaban J connectivity index is 1.51. The first-order valence-electron chi connectivity index (χ1n) is 14.3. The first-order valence-corrected chi connectivity index (χ1v) is 17.2. The third-order valence-corrected chi connectivity index (χ3v) is 14.6. The Bertz CT molecular complexity index is 1260. The highest BCUT2D eigenvalue weighted by Crippen LogP contribution is 2.47. The van der Waals surface area contributed by atoms with Crippen molar-refractivity contribution >= 4 is 38.7 Å². The van der Waals surface area contributed by atoms with Crippen LogP contribution in [-0.2, 0) is 32.3 Å². The lowest BCUT2D eigenvalue weighted by Crippen LogP contribution is -2.80. The fraction of sp³-hybridized carbons (Fsp3) is 0.452. The van der Waals surface area contributed by atoms with E-state index < -0.39 is 20.4 Å². The van der Waals surface area contributed by atoms with Gasteiger partial charge >= 0.3 is 18.1 Å². The summed E-state index contributed by atoms with van der Waals surface area (Å²) in [5, 5.41) is 5.36. The maximum atomic E-state index is 13.2. The number of likely N-dealkylation sites (tertiary alicyclic amines) is 1. The SMILES string of the molecule is CC(C)(C)[Si](C)(C)[N@+]1(C=O)C[C@@H](CCCCNC(=NC(=O)OCc2ccccc2)NC(=O)OCc2ccccc2)C1=O. The minimum absolute atomic E-state index is 0.0175. The largest absolute Gasteiger partial charge is 0.444 e. The fourth-order valence-electron chi connectivity index (χ4n) is 4.81. The minimum Gasteiger partial charge on any atom is -0.444 e. The molecule has 2 aromatic rings. The summed E-state index contributed by atoms with van der Waals surface area (Å²) in [6.45, 7) is 11.6. The molecule has 0 aromatic heterocycles. The van der Waals surface area contributed by atoms with Crippen LogP contribution in [0.3, 0.4) is 0 Å². The summed E-state index contributed by atoms with van der Waals surface area (Å²) in [5.74, 6) is -0.201. The highest BCUT2D eigenvalue weighted by Gasteiger charge is 2.67. The highest BCUT2D eigenvalue weighted by molar-refractivity contribution is 6.76. The van der Waals surface area contributed by atoms with Gasteiger partial charge in [-0.2, -0.15) is 0 Å². The minimum atomic E-state index is -2.24. The van der Waals surface area contributed by atoms with E-state index >= 15 is 0 Å². The predicted molar refractivity (Wildman–Crippen MR) is 163 cm³/mol. The number of quaternary nitrogens is 1. The summed E-state index contributed by atoms with van der Waals surface area (Å²) in [4.78, 5) is 54.0. The molecule has 0 bridgehead atoms. The number of imide groups is 1. The average Bonchev–Trinajstić information content (AvgIpc) is 2.96. The first kappa shape index (κ1) is 32.7. The summed E-state index contributed by atoms with van der Waals surface area (Å²) in [7, 11) is -2.24. The second kappa shape index (κ2) is 14.4. The van der Waals surface area contributed by atoms with Crippen molar-refractivity contribution in [1.29, 1.82) is 0 Å². The van der Waals surface area contributed by atoms with Gasteiger partial charge in [0.15, 0.2) is 0 Å². The number of rotatable bonds is 11. The Labute approximate surface area is 249 Å². The molecule has 11 heteroatoms. The first-order chi connectivity index (χ1) is 19.9. The number of guanidine groups is 1. The maximum absolute atomic E-state index is 13.2. The Kier molecular flexibility index (Phi) is 11.2. The molecule has 1 saturated heterocycles. The van der Waals surface area contributed by atoms with Gasteiger partial charge in [-0.3, -0.25) is 9.47 Å². The molecule has 0 saturated carbocycles. The van der Waals surface area contributed by atoms with Crippen molar-refractivity contribution < 1.29 is 32.8 Å². The van der Waals surface area contributed by atoms with Crippen molar-refractivity contribution in [2.45, 2.75) is 71.4 Å². The van der Waals surface area contributed by atoms with E-state index in [1.807, 2.05) is 60.7 Å². The van der Waals surface area contributed by atoms with Crippen LogP contribution >= 0.6 is 0 Å². The number of hydrogen-bond donors (Lipinski definition) is 2. The van der Waals surface area contributed by atoms with Crippen molar-refractivity contribution in [3.05, 3.63) is 71.8 Å². The number of nitrogens with zero attached hydrogens (tertiary/aromatic N) is 2. The molecule has 1 aliphatic rings. The van der Waals surface area contributed by atoms with Crippen LogP contribution in [0.4, 0.5) is 9.59 Å². The normalized spacial score (nSPS) is 18.9. The Morgan fingerprint density at radius 2 is 1.55 bits per heavy atom. The number of benzene rings is 2. The topological polar surface area (TPSA) is 123 Å². The molecular weight excluding hydrogens is 552 g/mol. The predicted octanol–water partition coefficient (Wildman–Crippen LogP) is 5.50.